The SMILES string of the molecule is Brc1ccc2c(c1)SOC2. The van der Waals surface area contributed by atoms with Crippen molar-refractivity contribution in [1.29, 1.82) is 0 Å². The lowest BCUT2D eigenvalue weighted by atomic mass is 10.2. The van der Waals surface area contributed by atoms with Gasteiger partial charge in [-0.05, 0) is 17.7 Å². The molecule has 0 saturated heterocycles. The van der Waals surface area contributed by atoms with Gasteiger partial charge in [-0.1, -0.05) is 22.0 Å². The van der Waals surface area contributed by atoms with Crippen LogP contribution in [0.15, 0.2) is 27.6 Å². The fourth-order valence-corrected chi connectivity index (χ4v) is 2.12. The number of benzene rings is 1. The topological polar surface area (TPSA) is 9.23 Å². The Labute approximate surface area is 72.1 Å². The molecule has 0 spiro atoms. The zero-order valence-electron chi connectivity index (χ0n) is 5.13. The number of hydrogen-bond acceptors (Lipinski definition) is 2. The first kappa shape index (κ1) is 6.70. The summed E-state index contributed by atoms with van der Waals surface area (Å²) in [5.74, 6) is 0. The van der Waals surface area contributed by atoms with Crippen molar-refractivity contribution in [2.45, 2.75) is 11.5 Å². The summed E-state index contributed by atoms with van der Waals surface area (Å²) in [4.78, 5) is 1.23. The van der Waals surface area contributed by atoms with E-state index in [1.165, 1.54) is 22.5 Å². The van der Waals surface area contributed by atoms with E-state index in [2.05, 4.69) is 28.1 Å². The lowest BCUT2D eigenvalue weighted by Crippen LogP contribution is -1.77. The van der Waals surface area contributed by atoms with Crippen LogP contribution in [0.5, 0.6) is 0 Å². The van der Waals surface area contributed by atoms with E-state index in [0.717, 1.165) is 11.1 Å². The second-order valence-electron chi connectivity index (χ2n) is 2.10. The first-order valence-corrected chi connectivity index (χ1v) is 4.47. The molecule has 0 aliphatic carbocycles. The lowest BCUT2D eigenvalue weighted by Gasteiger charge is -1.93. The van der Waals surface area contributed by atoms with Gasteiger partial charge >= 0.3 is 0 Å². The van der Waals surface area contributed by atoms with Gasteiger partial charge in [0, 0.05) is 21.4 Å². The van der Waals surface area contributed by atoms with Crippen molar-refractivity contribution < 1.29 is 4.18 Å². The van der Waals surface area contributed by atoms with Gasteiger partial charge in [0.05, 0.1) is 6.61 Å². The lowest BCUT2D eigenvalue weighted by molar-refractivity contribution is 0.379. The van der Waals surface area contributed by atoms with Gasteiger partial charge < -0.3 is 4.18 Å². The summed E-state index contributed by atoms with van der Waals surface area (Å²) in [5, 5.41) is 0. The van der Waals surface area contributed by atoms with Crippen molar-refractivity contribution >= 4 is 28.0 Å². The Hall–Kier alpha value is 0.01000. The summed E-state index contributed by atoms with van der Waals surface area (Å²) in [5.41, 5.74) is 1.29. The van der Waals surface area contributed by atoms with Crippen LogP contribution in [0.1, 0.15) is 5.56 Å². The molecule has 1 heterocycles. The zero-order valence-corrected chi connectivity index (χ0v) is 7.54. The number of hydrogen-bond donors (Lipinski definition) is 0. The minimum atomic E-state index is 0.743. The molecule has 1 aromatic carbocycles. The highest BCUT2D eigenvalue weighted by Gasteiger charge is 2.11. The molecule has 1 aliphatic rings. The molecule has 3 heteroatoms. The van der Waals surface area contributed by atoms with E-state index in [1.807, 2.05) is 6.07 Å². The molecule has 0 bridgehead atoms. The van der Waals surface area contributed by atoms with E-state index >= 15 is 0 Å². The highest BCUT2D eigenvalue weighted by atomic mass is 79.9. The van der Waals surface area contributed by atoms with Crippen LogP contribution < -0.4 is 0 Å². The summed E-state index contributed by atoms with van der Waals surface area (Å²) in [6.45, 7) is 0.743. The fraction of sp³-hybridized carbons (Fsp3) is 0.143. The summed E-state index contributed by atoms with van der Waals surface area (Å²) in [6.07, 6.45) is 0. The number of halogens is 1. The first-order valence-electron chi connectivity index (χ1n) is 2.94. The monoisotopic (exact) mass is 216 g/mol. The first-order chi connectivity index (χ1) is 4.86. The van der Waals surface area contributed by atoms with Crippen LogP contribution in [-0.4, -0.2) is 0 Å². The standard InChI is InChI=1S/C7H5BrOS/c8-6-2-1-5-4-9-10-7(5)3-6/h1-3H,4H2. The highest BCUT2D eigenvalue weighted by molar-refractivity contribution is 9.10. The summed E-state index contributed by atoms with van der Waals surface area (Å²) >= 11 is 4.85. The van der Waals surface area contributed by atoms with Gasteiger partial charge in [-0.15, -0.1) is 0 Å². The smallest absolute Gasteiger partial charge is 0.0881 e. The average molecular weight is 217 g/mol. The van der Waals surface area contributed by atoms with Crippen LogP contribution in [-0.2, 0) is 10.8 Å². The Balaban J connectivity index is 2.52. The molecule has 0 saturated carbocycles. The maximum atomic E-state index is 5.17. The van der Waals surface area contributed by atoms with Crippen LogP contribution >= 0.6 is 28.0 Å². The predicted molar refractivity (Wildman–Crippen MR) is 44.8 cm³/mol. The summed E-state index contributed by atoms with van der Waals surface area (Å²) in [7, 11) is 0. The zero-order chi connectivity index (χ0) is 6.97. The van der Waals surface area contributed by atoms with Crippen LogP contribution in [0.25, 0.3) is 0 Å². The molecule has 0 atom stereocenters. The van der Waals surface area contributed by atoms with Crippen LogP contribution in [0, 0.1) is 0 Å². The van der Waals surface area contributed by atoms with Gasteiger partial charge in [-0.2, -0.15) is 0 Å². The third-order valence-corrected chi connectivity index (χ3v) is 2.68. The van der Waals surface area contributed by atoms with Gasteiger partial charge in [0.2, 0.25) is 0 Å². The third-order valence-electron chi connectivity index (χ3n) is 1.39. The molecule has 0 N–H and O–H groups in total. The van der Waals surface area contributed by atoms with E-state index in [1.54, 1.807) is 0 Å². The molecule has 0 amide bonds. The maximum absolute atomic E-state index is 5.17. The van der Waals surface area contributed by atoms with Crippen molar-refractivity contribution in [2.75, 3.05) is 0 Å². The largest absolute Gasteiger partial charge is 0.305 e. The van der Waals surface area contributed by atoms with Crippen molar-refractivity contribution in [3.8, 4) is 0 Å². The van der Waals surface area contributed by atoms with E-state index in [9.17, 15) is 0 Å². The minimum absolute atomic E-state index is 0.743. The second-order valence-corrected chi connectivity index (χ2v) is 3.86. The van der Waals surface area contributed by atoms with Gasteiger partial charge in [0.1, 0.15) is 0 Å². The molecular formula is C7H5BrOS. The maximum Gasteiger partial charge on any atom is 0.0881 e. The van der Waals surface area contributed by atoms with Gasteiger partial charge in [0.15, 0.2) is 0 Å². The van der Waals surface area contributed by atoms with Crippen molar-refractivity contribution in [2.24, 2.45) is 0 Å². The predicted octanol–water partition coefficient (Wildman–Crippen LogP) is 2.99. The van der Waals surface area contributed by atoms with E-state index < -0.39 is 0 Å². The molecular weight excluding hydrogens is 212 g/mol. The quantitative estimate of drug-likeness (QED) is 0.618. The molecule has 10 heavy (non-hydrogen) atoms. The highest BCUT2D eigenvalue weighted by Crippen LogP contribution is 2.34. The molecule has 0 unspecified atom stereocenters. The van der Waals surface area contributed by atoms with Crippen LogP contribution in [0.4, 0.5) is 0 Å². The van der Waals surface area contributed by atoms with Gasteiger partial charge in [-0.25, -0.2) is 0 Å². The molecule has 1 nitrogen and oxygen atoms in total. The Morgan fingerprint density at radius 3 is 3.30 bits per heavy atom. The van der Waals surface area contributed by atoms with Gasteiger partial charge in [0.25, 0.3) is 0 Å². The average Bonchev–Trinajstić information content (AvgIpc) is 2.33. The van der Waals surface area contributed by atoms with E-state index in [-0.39, 0.29) is 0 Å². The van der Waals surface area contributed by atoms with Crippen LogP contribution in [0.2, 0.25) is 0 Å². The number of rotatable bonds is 0. The fourth-order valence-electron chi connectivity index (χ4n) is 0.882. The minimum Gasteiger partial charge on any atom is -0.305 e. The summed E-state index contributed by atoms with van der Waals surface area (Å²) < 4.78 is 6.28. The third kappa shape index (κ3) is 1.09. The molecule has 0 fully saturated rings. The molecule has 52 valence electrons. The Kier molecular flexibility index (Phi) is 1.72. The van der Waals surface area contributed by atoms with E-state index in [0.29, 0.717) is 0 Å². The normalized spacial score (nSPS) is 15.3. The Bertz CT molecular complexity index is 262. The Morgan fingerprint density at radius 2 is 2.40 bits per heavy atom. The van der Waals surface area contributed by atoms with Crippen molar-refractivity contribution in [3.63, 3.8) is 0 Å². The van der Waals surface area contributed by atoms with Crippen molar-refractivity contribution in [1.82, 2.24) is 0 Å². The second kappa shape index (κ2) is 2.57. The molecule has 0 radical (unpaired) electrons. The summed E-state index contributed by atoms with van der Waals surface area (Å²) in [6, 6.07) is 6.19. The van der Waals surface area contributed by atoms with Gasteiger partial charge in [-0.3, -0.25) is 0 Å². The Morgan fingerprint density at radius 1 is 1.50 bits per heavy atom. The molecule has 0 aromatic heterocycles. The molecule has 1 aromatic rings. The van der Waals surface area contributed by atoms with Crippen molar-refractivity contribution in [3.05, 3.63) is 28.2 Å². The number of fused-ring (bicyclic) bond motifs is 1. The molecule has 1 aliphatic heterocycles. The van der Waals surface area contributed by atoms with E-state index in [4.69, 9.17) is 4.18 Å². The van der Waals surface area contributed by atoms with Crippen LogP contribution in [0.3, 0.4) is 0 Å². The molecule has 2 rings (SSSR count).